The summed E-state index contributed by atoms with van der Waals surface area (Å²) in [6.07, 6.45) is 1.10. The van der Waals surface area contributed by atoms with Crippen LogP contribution in [0, 0.1) is 0 Å². The number of ether oxygens (including phenoxy) is 1. The fourth-order valence-electron chi connectivity index (χ4n) is 2.90. The Morgan fingerprint density at radius 3 is 2.91 bits per heavy atom. The highest BCUT2D eigenvalue weighted by atomic mass is 79.9. The van der Waals surface area contributed by atoms with E-state index < -0.39 is 12.0 Å². The minimum Gasteiger partial charge on any atom is -0.482 e. The van der Waals surface area contributed by atoms with E-state index in [1.807, 2.05) is 0 Å². The molecule has 2 amide bonds. The fourth-order valence-corrected chi connectivity index (χ4v) is 3.24. The number of hydrogen-bond donors (Lipinski definition) is 1. The summed E-state index contributed by atoms with van der Waals surface area (Å²) in [6.45, 7) is 0.0845. The van der Waals surface area contributed by atoms with Gasteiger partial charge in [-0.3, -0.25) is 14.5 Å². The number of nitrogens with zero attached hydrogens (tertiary/aromatic N) is 2. The number of hydrogen-bond acceptors (Lipinski definition) is 4. The van der Waals surface area contributed by atoms with Crippen molar-refractivity contribution in [1.82, 2.24) is 4.90 Å². The lowest BCUT2D eigenvalue weighted by Crippen LogP contribution is -2.49. The summed E-state index contributed by atoms with van der Waals surface area (Å²) < 4.78 is 6.18. The van der Waals surface area contributed by atoms with Gasteiger partial charge in [0.15, 0.2) is 6.61 Å². The molecule has 1 fully saturated rings. The van der Waals surface area contributed by atoms with Gasteiger partial charge in [-0.1, -0.05) is 15.9 Å². The number of benzene rings is 1. The van der Waals surface area contributed by atoms with Crippen LogP contribution in [0.2, 0.25) is 0 Å². The molecule has 2 heterocycles. The molecule has 0 spiro atoms. The Labute approximate surface area is 140 Å². The first-order chi connectivity index (χ1) is 11.0. The van der Waals surface area contributed by atoms with Crippen molar-refractivity contribution < 1.29 is 24.2 Å². The standard InChI is InChI=1S/C15H15BrN2O5/c16-9-3-4-10-12(6-9)23-8-14(20)18(10)7-13(19)17-5-1-2-11(17)15(21)22/h3-4,6,11H,1-2,5,7-8H2,(H,21,22)/t11-/m0/s1. The Balaban J connectivity index is 1.81. The molecule has 1 aromatic carbocycles. The van der Waals surface area contributed by atoms with E-state index in [1.54, 1.807) is 18.2 Å². The molecule has 122 valence electrons. The second kappa shape index (κ2) is 6.19. The van der Waals surface area contributed by atoms with Gasteiger partial charge in [0.1, 0.15) is 18.3 Å². The molecule has 0 saturated carbocycles. The highest BCUT2D eigenvalue weighted by Crippen LogP contribution is 2.34. The molecule has 0 aromatic heterocycles. The second-order valence-electron chi connectivity index (χ2n) is 5.46. The summed E-state index contributed by atoms with van der Waals surface area (Å²) in [7, 11) is 0. The highest BCUT2D eigenvalue weighted by Gasteiger charge is 2.36. The van der Waals surface area contributed by atoms with Crippen LogP contribution in [0.3, 0.4) is 0 Å². The molecule has 1 atom stereocenters. The minimum absolute atomic E-state index is 0.140. The lowest BCUT2D eigenvalue weighted by atomic mass is 10.2. The van der Waals surface area contributed by atoms with E-state index in [1.165, 1.54) is 9.80 Å². The summed E-state index contributed by atoms with van der Waals surface area (Å²) in [5, 5.41) is 9.18. The van der Waals surface area contributed by atoms with Gasteiger partial charge in [-0.25, -0.2) is 4.79 Å². The molecular weight excluding hydrogens is 368 g/mol. The fraction of sp³-hybridized carbons (Fsp3) is 0.400. The number of carbonyl (C=O) groups is 3. The maximum Gasteiger partial charge on any atom is 0.326 e. The molecule has 2 aliphatic heterocycles. The average Bonchev–Trinajstić information content (AvgIpc) is 3.00. The number of likely N-dealkylation sites (tertiary alicyclic amines) is 1. The lowest BCUT2D eigenvalue weighted by molar-refractivity contribution is -0.147. The maximum atomic E-state index is 12.5. The topological polar surface area (TPSA) is 87.2 Å². The zero-order valence-electron chi connectivity index (χ0n) is 12.2. The largest absolute Gasteiger partial charge is 0.482 e. The molecule has 1 saturated heterocycles. The van der Waals surface area contributed by atoms with Crippen LogP contribution in [0.5, 0.6) is 5.75 Å². The van der Waals surface area contributed by atoms with Gasteiger partial charge in [0.25, 0.3) is 5.91 Å². The number of aliphatic carboxylic acids is 1. The van der Waals surface area contributed by atoms with E-state index in [2.05, 4.69) is 15.9 Å². The normalized spacial score (nSPS) is 20.2. The van der Waals surface area contributed by atoms with Crippen molar-refractivity contribution in [2.75, 3.05) is 24.6 Å². The van der Waals surface area contributed by atoms with E-state index in [-0.39, 0.29) is 25.0 Å². The van der Waals surface area contributed by atoms with Gasteiger partial charge < -0.3 is 14.7 Å². The van der Waals surface area contributed by atoms with Crippen LogP contribution in [0.4, 0.5) is 5.69 Å². The van der Waals surface area contributed by atoms with Crippen LogP contribution in [0.1, 0.15) is 12.8 Å². The predicted molar refractivity (Wildman–Crippen MR) is 84.4 cm³/mol. The Bertz CT molecular complexity index is 678. The van der Waals surface area contributed by atoms with Gasteiger partial charge >= 0.3 is 5.97 Å². The summed E-state index contributed by atoms with van der Waals surface area (Å²) in [4.78, 5) is 38.5. The molecule has 1 aromatic rings. The Morgan fingerprint density at radius 1 is 1.39 bits per heavy atom. The van der Waals surface area contributed by atoms with Crippen molar-refractivity contribution in [3.63, 3.8) is 0 Å². The van der Waals surface area contributed by atoms with E-state index in [0.717, 1.165) is 4.47 Å². The van der Waals surface area contributed by atoms with Crippen molar-refractivity contribution >= 4 is 39.4 Å². The summed E-state index contributed by atoms with van der Waals surface area (Å²) >= 11 is 3.33. The van der Waals surface area contributed by atoms with E-state index in [9.17, 15) is 19.5 Å². The first-order valence-corrected chi connectivity index (χ1v) is 8.01. The zero-order chi connectivity index (χ0) is 16.6. The molecule has 7 nitrogen and oxygen atoms in total. The first kappa shape index (κ1) is 15.8. The molecule has 0 unspecified atom stereocenters. The SMILES string of the molecule is O=C(O)[C@@H]1CCCN1C(=O)CN1C(=O)COc2cc(Br)ccc21. The van der Waals surface area contributed by atoms with E-state index in [0.29, 0.717) is 30.8 Å². The third kappa shape index (κ3) is 3.03. The number of carboxylic acids is 1. The van der Waals surface area contributed by atoms with Crippen molar-refractivity contribution in [3.8, 4) is 5.75 Å². The number of carboxylic acid groups (broad SMARTS) is 1. The van der Waals surface area contributed by atoms with Gasteiger partial charge in [-0.05, 0) is 31.0 Å². The smallest absolute Gasteiger partial charge is 0.326 e. The molecule has 8 heteroatoms. The number of anilines is 1. The number of fused-ring (bicyclic) bond motifs is 1. The molecule has 2 aliphatic rings. The molecule has 0 aliphatic carbocycles. The van der Waals surface area contributed by atoms with Crippen LogP contribution in [-0.4, -0.2) is 53.5 Å². The highest BCUT2D eigenvalue weighted by molar-refractivity contribution is 9.10. The van der Waals surface area contributed by atoms with Gasteiger partial charge in [0, 0.05) is 11.0 Å². The summed E-state index contributed by atoms with van der Waals surface area (Å²) in [5.74, 6) is -1.17. The number of carbonyl (C=O) groups excluding carboxylic acids is 2. The molecule has 0 bridgehead atoms. The van der Waals surface area contributed by atoms with Crippen molar-refractivity contribution in [3.05, 3.63) is 22.7 Å². The van der Waals surface area contributed by atoms with Crippen LogP contribution in [0.25, 0.3) is 0 Å². The first-order valence-electron chi connectivity index (χ1n) is 7.22. The van der Waals surface area contributed by atoms with Crippen LogP contribution in [0.15, 0.2) is 22.7 Å². The van der Waals surface area contributed by atoms with Crippen molar-refractivity contribution in [2.45, 2.75) is 18.9 Å². The molecule has 3 rings (SSSR count). The second-order valence-corrected chi connectivity index (χ2v) is 6.38. The van der Waals surface area contributed by atoms with Crippen molar-refractivity contribution in [2.24, 2.45) is 0 Å². The molecule has 23 heavy (non-hydrogen) atoms. The van der Waals surface area contributed by atoms with Gasteiger partial charge in [-0.15, -0.1) is 0 Å². The minimum atomic E-state index is -1.01. The zero-order valence-corrected chi connectivity index (χ0v) is 13.8. The third-order valence-electron chi connectivity index (χ3n) is 4.02. The Hall–Kier alpha value is -2.09. The number of amides is 2. The third-order valence-corrected chi connectivity index (χ3v) is 4.51. The van der Waals surface area contributed by atoms with Crippen LogP contribution >= 0.6 is 15.9 Å². The van der Waals surface area contributed by atoms with Crippen LogP contribution in [-0.2, 0) is 14.4 Å². The van der Waals surface area contributed by atoms with Gasteiger partial charge in [-0.2, -0.15) is 0 Å². The number of rotatable bonds is 3. The average molecular weight is 383 g/mol. The Morgan fingerprint density at radius 2 is 2.17 bits per heavy atom. The van der Waals surface area contributed by atoms with Crippen molar-refractivity contribution in [1.29, 1.82) is 0 Å². The van der Waals surface area contributed by atoms with Crippen LogP contribution < -0.4 is 9.64 Å². The summed E-state index contributed by atoms with van der Waals surface area (Å²) in [5.41, 5.74) is 0.517. The van der Waals surface area contributed by atoms with E-state index >= 15 is 0 Å². The maximum absolute atomic E-state index is 12.5. The molecule has 1 N–H and O–H groups in total. The number of halogens is 1. The molecular formula is C15H15BrN2O5. The van der Waals surface area contributed by atoms with Gasteiger partial charge in [0.05, 0.1) is 5.69 Å². The lowest BCUT2D eigenvalue weighted by Gasteiger charge is -2.31. The predicted octanol–water partition coefficient (Wildman–Crippen LogP) is 1.25. The van der Waals surface area contributed by atoms with E-state index in [4.69, 9.17) is 4.74 Å². The monoisotopic (exact) mass is 382 g/mol. The summed E-state index contributed by atoms with van der Waals surface area (Å²) in [6, 6.07) is 4.38. The van der Waals surface area contributed by atoms with Gasteiger partial charge in [0.2, 0.25) is 5.91 Å². The molecule has 0 radical (unpaired) electrons. The Kier molecular flexibility index (Phi) is 4.25. The quantitative estimate of drug-likeness (QED) is 0.849.